The molecule has 1 aromatic heterocycles. The van der Waals surface area contributed by atoms with Crippen molar-refractivity contribution in [1.29, 1.82) is 0 Å². The van der Waals surface area contributed by atoms with E-state index in [1.807, 2.05) is 11.6 Å². The molecular weight excluding hydrogens is 214 g/mol. The number of ketones is 1. The van der Waals surface area contributed by atoms with Crippen molar-refractivity contribution in [2.45, 2.75) is 45.6 Å². The number of hydrogen-bond donors (Lipinski definition) is 0. The zero-order valence-electron chi connectivity index (χ0n) is 10.3. The zero-order chi connectivity index (χ0) is 11.8. The highest BCUT2D eigenvalue weighted by Gasteiger charge is 2.42. The van der Waals surface area contributed by atoms with E-state index in [0.717, 1.165) is 24.7 Å². The molecular formula is C13H19N3O. The largest absolute Gasteiger partial charge is 0.299 e. The minimum Gasteiger partial charge on any atom is -0.299 e. The zero-order valence-corrected chi connectivity index (χ0v) is 10.3. The Kier molecular flexibility index (Phi) is 2.73. The first-order valence-electron chi connectivity index (χ1n) is 6.67. The van der Waals surface area contributed by atoms with E-state index in [2.05, 4.69) is 10.1 Å². The van der Waals surface area contributed by atoms with Gasteiger partial charge in [0.15, 0.2) is 0 Å². The van der Waals surface area contributed by atoms with Gasteiger partial charge in [0.2, 0.25) is 0 Å². The fraction of sp³-hybridized carbons (Fsp3) is 0.769. The molecule has 4 nitrogen and oxygen atoms in total. The third-order valence-electron chi connectivity index (χ3n) is 4.48. The first kappa shape index (κ1) is 10.9. The lowest BCUT2D eigenvalue weighted by Gasteiger charge is -2.19. The summed E-state index contributed by atoms with van der Waals surface area (Å²) < 4.78 is 1.82. The van der Waals surface area contributed by atoms with E-state index < -0.39 is 0 Å². The number of carbonyl (C=O) groups is 1. The van der Waals surface area contributed by atoms with Gasteiger partial charge >= 0.3 is 0 Å². The summed E-state index contributed by atoms with van der Waals surface area (Å²) in [5.74, 6) is 3.04. The summed E-state index contributed by atoms with van der Waals surface area (Å²) in [5, 5.41) is 4.12. The van der Waals surface area contributed by atoms with Crippen LogP contribution in [-0.2, 0) is 17.8 Å². The molecule has 2 aliphatic rings. The highest BCUT2D eigenvalue weighted by Crippen LogP contribution is 2.48. The van der Waals surface area contributed by atoms with Gasteiger partial charge in [0.05, 0.1) is 6.42 Å². The van der Waals surface area contributed by atoms with Crippen molar-refractivity contribution >= 4 is 5.78 Å². The van der Waals surface area contributed by atoms with E-state index in [4.69, 9.17) is 0 Å². The van der Waals surface area contributed by atoms with Crippen molar-refractivity contribution in [3.05, 3.63) is 12.2 Å². The second-order valence-corrected chi connectivity index (χ2v) is 5.42. The molecule has 0 radical (unpaired) electrons. The van der Waals surface area contributed by atoms with Crippen LogP contribution in [0.3, 0.4) is 0 Å². The molecule has 2 aliphatic carbocycles. The predicted octanol–water partition coefficient (Wildman–Crippen LogP) is 1.85. The van der Waals surface area contributed by atoms with Gasteiger partial charge in [-0.2, -0.15) is 5.10 Å². The molecule has 3 unspecified atom stereocenters. The Hall–Kier alpha value is -1.19. The van der Waals surface area contributed by atoms with Crippen molar-refractivity contribution < 1.29 is 4.79 Å². The maximum absolute atomic E-state index is 12.3. The number of hydrogen-bond acceptors (Lipinski definition) is 3. The lowest BCUT2D eigenvalue weighted by atomic mass is 9.84. The predicted molar refractivity (Wildman–Crippen MR) is 63.3 cm³/mol. The highest BCUT2D eigenvalue weighted by atomic mass is 16.1. The van der Waals surface area contributed by atoms with E-state index in [1.54, 1.807) is 6.33 Å². The van der Waals surface area contributed by atoms with Crippen molar-refractivity contribution in [1.82, 2.24) is 14.8 Å². The maximum atomic E-state index is 12.3. The fourth-order valence-corrected chi connectivity index (χ4v) is 3.62. The number of Topliss-reactive ketones (excluding diaryl/α,β-unsaturated/α-hetero) is 1. The van der Waals surface area contributed by atoms with Crippen LogP contribution in [0.25, 0.3) is 0 Å². The van der Waals surface area contributed by atoms with Crippen LogP contribution in [-0.4, -0.2) is 20.5 Å². The molecule has 0 N–H and O–H groups in total. The summed E-state index contributed by atoms with van der Waals surface area (Å²) in [7, 11) is 0. The first-order valence-corrected chi connectivity index (χ1v) is 6.67. The molecule has 1 heterocycles. The average molecular weight is 233 g/mol. The summed E-state index contributed by atoms with van der Waals surface area (Å²) in [5.41, 5.74) is 0. The SMILES string of the molecule is CCn1ncnc1CC(=O)C1CC2CCC1C2. The molecule has 2 bridgehead atoms. The number of rotatable bonds is 4. The number of nitrogens with zero attached hydrogens (tertiary/aromatic N) is 3. The number of carbonyl (C=O) groups excluding carboxylic acids is 1. The maximum Gasteiger partial charge on any atom is 0.143 e. The molecule has 0 spiro atoms. The molecule has 2 saturated carbocycles. The molecule has 3 rings (SSSR count). The minimum absolute atomic E-state index is 0.316. The smallest absolute Gasteiger partial charge is 0.143 e. The molecule has 2 fully saturated rings. The molecule has 0 aromatic carbocycles. The lowest BCUT2D eigenvalue weighted by Crippen LogP contribution is -2.24. The first-order chi connectivity index (χ1) is 8.28. The second kappa shape index (κ2) is 4.24. The Morgan fingerprint density at radius 3 is 3.00 bits per heavy atom. The summed E-state index contributed by atoms with van der Waals surface area (Å²) >= 11 is 0. The van der Waals surface area contributed by atoms with E-state index in [-0.39, 0.29) is 0 Å². The summed E-state index contributed by atoms with van der Waals surface area (Å²) in [6, 6.07) is 0. The summed E-state index contributed by atoms with van der Waals surface area (Å²) in [4.78, 5) is 16.5. The van der Waals surface area contributed by atoms with Gasteiger partial charge in [-0.25, -0.2) is 9.67 Å². The number of aromatic nitrogens is 3. The van der Waals surface area contributed by atoms with Gasteiger partial charge in [-0.05, 0) is 38.0 Å². The average Bonchev–Trinajstić information content (AvgIpc) is 3.03. The second-order valence-electron chi connectivity index (χ2n) is 5.42. The van der Waals surface area contributed by atoms with Gasteiger partial charge in [0.1, 0.15) is 17.9 Å². The monoisotopic (exact) mass is 233 g/mol. The molecule has 4 heteroatoms. The molecule has 17 heavy (non-hydrogen) atoms. The molecule has 3 atom stereocenters. The van der Waals surface area contributed by atoms with Gasteiger partial charge in [-0.3, -0.25) is 4.79 Å². The lowest BCUT2D eigenvalue weighted by molar-refractivity contribution is -0.123. The van der Waals surface area contributed by atoms with Crippen molar-refractivity contribution in [3.8, 4) is 0 Å². The quantitative estimate of drug-likeness (QED) is 0.797. The molecule has 0 amide bonds. The van der Waals surface area contributed by atoms with E-state index in [0.29, 0.717) is 24.0 Å². The summed E-state index contributed by atoms with van der Waals surface area (Å²) in [6.45, 7) is 2.82. The number of aryl methyl sites for hydroxylation is 1. The molecule has 0 aliphatic heterocycles. The Labute approximate surface area is 101 Å². The van der Waals surface area contributed by atoms with Crippen LogP contribution in [0.15, 0.2) is 6.33 Å². The minimum atomic E-state index is 0.316. The Bertz CT molecular complexity index is 426. The molecule has 92 valence electrons. The molecule has 1 aromatic rings. The Morgan fingerprint density at radius 2 is 2.35 bits per heavy atom. The van der Waals surface area contributed by atoms with Gasteiger partial charge in [0, 0.05) is 12.5 Å². The van der Waals surface area contributed by atoms with Crippen LogP contribution in [0.4, 0.5) is 0 Å². The molecule has 0 saturated heterocycles. The standard InChI is InChI=1S/C13H19N3O/c1-2-16-13(14-8-15-16)7-12(17)11-6-9-3-4-10(11)5-9/h8-11H,2-7H2,1H3. The third kappa shape index (κ3) is 1.90. The van der Waals surface area contributed by atoms with Gasteiger partial charge < -0.3 is 0 Å². The van der Waals surface area contributed by atoms with Crippen LogP contribution in [0.1, 0.15) is 38.4 Å². The van der Waals surface area contributed by atoms with Gasteiger partial charge in [-0.15, -0.1) is 0 Å². The summed E-state index contributed by atoms with van der Waals surface area (Å²) in [6.07, 6.45) is 7.05. The van der Waals surface area contributed by atoms with Gasteiger partial charge in [-0.1, -0.05) is 6.42 Å². The Morgan fingerprint density at radius 1 is 1.47 bits per heavy atom. The van der Waals surface area contributed by atoms with Crippen LogP contribution in [0.2, 0.25) is 0 Å². The van der Waals surface area contributed by atoms with Crippen LogP contribution < -0.4 is 0 Å². The third-order valence-corrected chi connectivity index (χ3v) is 4.48. The van der Waals surface area contributed by atoms with Crippen molar-refractivity contribution in [2.75, 3.05) is 0 Å². The van der Waals surface area contributed by atoms with Gasteiger partial charge in [0.25, 0.3) is 0 Å². The van der Waals surface area contributed by atoms with E-state index in [9.17, 15) is 4.79 Å². The van der Waals surface area contributed by atoms with Crippen LogP contribution >= 0.6 is 0 Å². The fourth-order valence-electron chi connectivity index (χ4n) is 3.62. The van der Waals surface area contributed by atoms with E-state index >= 15 is 0 Å². The van der Waals surface area contributed by atoms with Crippen molar-refractivity contribution in [3.63, 3.8) is 0 Å². The normalized spacial score (nSPS) is 31.0. The van der Waals surface area contributed by atoms with Crippen LogP contribution in [0, 0.1) is 17.8 Å². The highest BCUT2D eigenvalue weighted by molar-refractivity contribution is 5.83. The number of fused-ring (bicyclic) bond motifs is 2. The topological polar surface area (TPSA) is 47.8 Å². The Balaban J connectivity index is 1.68. The van der Waals surface area contributed by atoms with Crippen LogP contribution in [0.5, 0.6) is 0 Å². The van der Waals surface area contributed by atoms with Crippen molar-refractivity contribution in [2.24, 2.45) is 17.8 Å². The van der Waals surface area contributed by atoms with E-state index in [1.165, 1.54) is 19.3 Å².